The number of hydrogen-bond acceptors (Lipinski definition) is 5. The van der Waals surface area contributed by atoms with Crippen molar-refractivity contribution in [1.82, 2.24) is 5.32 Å². The number of benzene rings is 2. The maximum atomic E-state index is 12.9. The molecule has 0 aliphatic rings. The standard InChI is InChI=1S/C21H25ClN2O5S/c1-14(2)15(3)23-20(25)13-29-21(26)16-7-5-10-19(11-16)30(27,28)24(4)18-9-6-8-17(22)12-18/h5-12,14-15H,13H2,1-4H3,(H,23,25). The van der Waals surface area contributed by atoms with Crippen LogP contribution in [0.3, 0.4) is 0 Å². The van der Waals surface area contributed by atoms with Gasteiger partial charge in [0.25, 0.3) is 15.9 Å². The van der Waals surface area contributed by atoms with Crippen LogP contribution in [0.15, 0.2) is 53.4 Å². The van der Waals surface area contributed by atoms with Gasteiger partial charge < -0.3 is 10.1 Å². The average molecular weight is 453 g/mol. The fourth-order valence-electron chi connectivity index (χ4n) is 2.43. The molecule has 1 atom stereocenters. The molecule has 0 aliphatic heterocycles. The van der Waals surface area contributed by atoms with E-state index < -0.39 is 28.5 Å². The lowest BCUT2D eigenvalue weighted by Crippen LogP contribution is -2.38. The molecular weight excluding hydrogens is 428 g/mol. The van der Waals surface area contributed by atoms with E-state index in [1.165, 1.54) is 37.4 Å². The summed E-state index contributed by atoms with van der Waals surface area (Å²) >= 11 is 5.95. The van der Waals surface area contributed by atoms with Crippen molar-refractivity contribution < 1.29 is 22.7 Å². The molecule has 0 heterocycles. The first-order valence-electron chi connectivity index (χ1n) is 9.33. The van der Waals surface area contributed by atoms with E-state index in [1.54, 1.807) is 18.2 Å². The van der Waals surface area contributed by atoms with E-state index in [9.17, 15) is 18.0 Å². The van der Waals surface area contributed by atoms with E-state index in [-0.39, 0.29) is 22.4 Å². The molecule has 0 bridgehead atoms. The van der Waals surface area contributed by atoms with Crippen molar-refractivity contribution in [2.45, 2.75) is 31.7 Å². The lowest BCUT2D eigenvalue weighted by atomic mass is 10.1. The van der Waals surface area contributed by atoms with Crippen LogP contribution in [-0.4, -0.2) is 40.0 Å². The summed E-state index contributed by atoms with van der Waals surface area (Å²) in [5.74, 6) is -0.971. The van der Waals surface area contributed by atoms with Gasteiger partial charge in [-0.1, -0.05) is 37.6 Å². The Balaban J connectivity index is 2.13. The van der Waals surface area contributed by atoms with Crippen molar-refractivity contribution in [3.8, 4) is 0 Å². The molecule has 1 unspecified atom stereocenters. The van der Waals surface area contributed by atoms with Gasteiger partial charge in [0.2, 0.25) is 0 Å². The van der Waals surface area contributed by atoms with Gasteiger partial charge in [-0.25, -0.2) is 13.2 Å². The molecule has 0 saturated heterocycles. The molecule has 9 heteroatoms. The predicted molar refractivity (Wildman–Crippen MR) is 116 cm³/mol. The molecule has 2 aromatic carbocycles. The number of carbonyl (C=O) groups excluding carboxylic acids is 2. The summed E-state index contributed by atoms with van der Waals surface area (Å²) in [5.41, 5.74) is 0.409. The smallest absolute Gasteiger partial charge is 0.338 e. The summed E-state index contributed by atoms with van der Waals surface area (Å²) < 4.78 is 32.0. The monoisotopic (exact) mass is 452 g/mol. The van der Waals surface area contributed by atoms with Crippen molar-refractivity contribution in [3.05, 3.63) is 59.1 Å². The third-order valence-corrected chi connectivity index (χ3v) is 6.64. The zero-order valence-corrected chi connectivity index (χ0v) is 18.8. The summed E-state index contributed by atoms with van der Waals surface area (Å²) in [5, 5.41) is 3.13. The molecule has 2 aromatic rings. The fourth-order valence-corrected chi connectivity index (χ4v) is 3.85. The number of nitrogens with zero attached hydrogens (tertiary/aromatic N) is 1. The van der Waals surface area contributed by atoms with Crippen molar-refractivity contribution in [3.63, 3.8) is 0 Å². The van der Waals surface area contributed by atoms with Gasteiger partial charge >= 0.3 is 5.97 Å². The van der Waals surface area contributed by atoms with Crippen LogP contribution < -0.4 is 9.62 Å². The predicted octanol–water partition coefficient (Wildman–Crippen LogP) is 3.48. The number of sulfonamides is 1. The molecule has 0 aromatic heterocycles. The van der Waals surface area contributed by atoms with E-state index in [1.807, 2.05) is 20.8 Å². The molecule has 0 spiro atoms. The maximum Gasteiger partial charge on any atom is 0.338 e. The van der Waals surface area contributed by atoms with Gasteiger partial charge in [-0.15, -0.1) is 0 Å². The molecular formula is C21H25ClN2O5S. The van der Waals surface area contributed by atoms with Crippen LogP contribution in [0.1, 0.15) is 31.1 Å². The van der Waals surface area contributed by atoms with E-state index in [4.69, 9.17) is 16.3 Å². The molecule has 1 amide bonds. The topological polar surface area (TPSA) is 92.8 Å². The van der Waals surface area contributed by atoms with Crippen molar-refractivity contribution in [2.24, 2.45) is 5.92 Å². The molecule has 30 heavy (non-hydrogen) atoms. The van der Waals surface area contributed by atoms with E-state index in [0.717, 1.165) is 4.31 Å². The van der Waals surface area contributed by atoms with Crippen LogP contribution >= 0.6 is 11.6 Å². The second-order valence-electron chi connectivity index (χ2n) is 7.16. The number of anilines is 1. The van der Waals surface area contributed by atoms with E-state index in [2.05, 4.69) is 5.32 Å². The maximum absolute atomic E-state index is 12.9. The van der Waals surface area contributed by atoms with E-state index >= 15 is 0 Å². The Morgan fingerprint density at radius 1 is 1.10 bits per heavy atom. The highest BCUT2D eigenvalue weighted by Gasteiger charge is 2.23. The highest BCUT2D eigenvalue weighted by molar-refractivity contribution is 7.92. The highest BCUT2D eigenvalue weighted by atomic mass is 35.5. The van der Waals surface area contributed by atoms with Crippen LogP contribution in [0, 0.1) is 5.92 Å². The summed E-state index contributed by atoms with van der Waals surface area (Å²) in [6.07, 6.45) is 0. The van der Waals surface area contributed by atoms with Gasteiger partial charge in [0.15, 0.2) is 6.61 Å². The quantitative estimate of drug-likeness (QED) is 0.619. The van der Waals surface area contributed by atoms with Gasteiger partial charge in [0.1, 0.15) is 0 Å². The molecule has 2 rings (SSSR count). The first-order chi connectivity index (χ1) is 14.0. The Labute approximate surface area is 182 Å². The molecule has 7 nitrogen and oxygen atoms in total. The Hall–Kier alpha value is -2.58. The number of esters is 1. The minimum absolute atomic E-state index is 0.0280. The molecule has 1 N–H and O–H groups in total. The van der Waals surface area contributed by atoms with Crippen LogP contribution in [0.25, 0.3) is 0 Å². The number of hydrogen-bond donors (Lipinski definition) is 1. The highest BCUT2D eigenvalue weighted by Crippen LogP contribution is 2.25. The average Bonchev–Trinajstić information content (AvgIpc) is 2.71. The number of nitrogens with one attached hydrogen (secondary N) is 1. The van der Waals surface area contributed by atoms with Gasteiger partial charge in [-0.3, -0.25) is 9.10 Å². The van der Waals surface area contributed by atoms with Crippen molar-refractivity contribution in [2.75, 3.05) is 18.0 Å². The number of ether oxygens (including phenoxy) is 1. The summed E-state index contributed by atoms with van der Waals surface area (Å²) in [4.78, 5) is 24.1. The van der Waals surface area contributed by atoms with E-state index in [0.29, 0.717) is 10.7 Å². The zero-order chi connectivity index (χ0) is 22.5. The second kappa shape index (κ2) is 9.95. The number of rotatable bonds is 8. The van der Waals surface area contributed by atoms with Crippen LogP contribution in [0.2, 0.25) is 5.02 Å². The Morgan fingerprint density at radius 2 is 1.77 bits per heavy atom. The summed E-state index contributed by atoms with van der Waals surface area (Å²) in [6, 6.07) is 11.8. The van der Waals surface area contributed by atoms with Crippen LogP contribution in [0.4, 0.5) is 5.69 Å². The molecule has 0 saturated carbocycles. The zero-order valence-electron chi connectivity index (χ0n) is 17.3. The fraction of sp³-hybridized carbons (Fsp3) is 0.333. The Kier molecular flexibility index (Phi) is 7.86. The molecule has 0 aliphatic carbocycles. The lowest BCUT2D eigenvalue weighted by Gasteiger charge is -2.20. The minimum Gasteiger partial charge on any atom is -0.452 e. The van der Waals surface area contributed by atoms with Crippen LogP contribution in [0.5, 0.6) is 0 Å². The summed E-state index contributed by atoms with van der Waals surface area (Å²) in [7, 11) is -2.54. The molecule has 162 valence electrons. The van der Waals surface area contributed by atoms with Gasteiger partial charge in [-0.05, 0) is 49.2 Å². The largest absolute Gasteiger partial charge is 0.452 e. The van der Waals surface area contributed by atoms with Gasteiger partial charge in [0.05, 0.1) is 16.1 Å². The molecule has 0 fully saturated rings. The van der Waals surface area contributed by atoms with Gasteiger partial charge in [0, 0.05) is 18.1 Å². The lowest BCUT2D eigenvalue weighted by molar-refractivity contribution is -0.125. The number of amides is 1. The van der Waals surface area contributed by atoms with Crippen molar-refractivity contribution >= 4 is 39.2 Å². The van der Waals surface area contributed by atoms with Gasteiger partial charge in [-0.2, -0.15) is 0 Å². The number of halogens is 1. The first kappa shape index (κ1) is 23.7. The van der Waals surface area contributed by atoms with Crippen molar-refractivity contribution in [1.29, 1.82) is 0 Å². The third-order valence-electron chi connectivity index (χ3n) is 4.62. The first-order valence-corrected chi connectivity index (χ1v) is 11.1. The van der Waals surface area contributed by atoms with Crippen LogP contribution in [-0.2, 0) is 19.6 Å². The number of carbonyl (C=O) groups is 2. The second-order valence-corrected chi connectivity index (χ2v) is 9.56. The normalized spacial score (nSPS) is 12.3. The summed E-state index contributed by atoms with van der Waals surface area (Å²) in [6.45, 7) is 5.33. The minimum atomic E-state index is -3.93. The molecule has 0 radical (unpaired) electrons. The third kappa shape index (κ3) is 5.96. The Morgan fingerprint density at radius 3 is 2.40 bits per heavy atom. The Bertz CT molecular complexity index is 1020. The SMILES string of the molecule is CC(C)C(C)NC(=O)COC(=O)c1cccc(S(=O)(=O)N(C)c2cccc(Cl)c2)c1.